The highest BCUT2D eigenvalue weighted by Gasteiger charge is 2.31. The van der Waals surface area contributed by atoms with Crippen LogP contribution in [0.15, 0.2) is 63.2 Å². The van der Waals surface area contributed by atoms with Crippen molar-refractivity contribution in [1.82, 2.24) is 4.90 Å². The maximum atomic E-state index is 12.9. The molecule has 38 heavy (non-hydrogen) atoms. The molecule has 0 bridgehead atoms. The van der Waals surface area contributed by atoms with Gasteiger partial charge in [0.15, 0.2) is 0 Å². The molecular weight excluding hydrogens is 561 g/mol. The number of likely N-dealkylation sites (tertiary alicyclic amines) is 1. The normalized spacial score (nSPS) is 16.4. The lowest BCUT2D eigenvalue weighted by molar-refractivity contribution is 0.175. The van der Waals surface area contributed by atoms with Gasteiger partial charge in [0.25, 0.3) is 0 Å². The summed E-state index contributed by atoms with van der Waals surface area (Å²) in [5.74, 6) is 1.18. The summed E-state index contributed by atoms with van der Waals surface area (Å²) in [4.78, 5) is 4.24. The van der Waals surface area contributed by atoms with Crippen molar-refractivity contribution >= 4 is 47.7 Å². The van der Waals surface area contributed by atoms with Gasteiger partial charge in [0.05, 0.1) is 24.3 Å². The molecule has 2 aromatic carbocycles. The van der Waals surface area contributed by atoms with E-state index in [4.69, 9.17) is 14.2 Å². The van der Waals surface area contributed by atoms with Crippen LogP contribution in [0.3, 0.4) is 0 Å². The molecule has 0 unspecified atom stereocenters. The number of nitrogens with zero attached hydrogens (tertiary/aromatic N) is 1. The summed E-state index contributed by atoms with van der Waals surface area (Å²) < 4.78 is 47.3. The van der Waals surface area contributed by atoms with Crippen molar-refractivity contribution in [2.75, 3.05) is 50.1 Å². The van der Waals surface area contributed by atoms with Crippen molar-refractivity contribution in [3.05, 3.63) is 48.5 Å². The topological polar surface area (TPSA) is 111 Å². The van der Waals surface area contributed by atoms with Crippen LogP contribution in [-0.4, -0.2) is 64.1 Å². The lowest BCUT2D eigenvalue weighted by atomic mass is 9.98. The number of thioether (sulfide) groups is 1. The number of hydrogen-bond donors (Lipinski definition) is 3. The van der Waals surface area contributed by atoms with E-state index >= 15 is 0 Å². The van der Waals surface area contributed by atoms with Crippen molar-refractivity contribution in [3.63, 3.8) is 0 Å². The summed E-state index contributed by atoms with van der Waals surface area (Å²) in [5, 5.41) is 8.85. The molecule has 8 nitrogen and oxygen atoms in total. The van der Waals surface area contributed by atoms with Gasteiger partial charge < -0.3 is 19.3 Å². The highest BCUT2D eigenvalue weighted by Crippen LogP contribution is 2.50. The van der Waals surface area contributed by atoms with E-state index in [9.17, 15) is 13.0 Å². The molecule has 1 saturated heterocycles. The van der Waals surface area contributed by atoms with E-state index in [1.165, 1.54) is 17.0 Å². The predicted octanol–water partition coefficient (Wildman–Crippen LogP) is 5.56. The van der Waals surface area contributed by atoms with Crippen LogP contribution in [0.2, 0.25) is 0 Å². The van der Waals surface area contributed by atoms with Crippen LogP contribution in [0, 0.1) is 5.92 Å². The number of benzene rings is 2. The third-order valence-electron chi connectivity index (χ3n) is 6.49. The number of primary sulfonamides is 1. The summed E-state index contributed by atoms with van der Waals surface area (Å²) in [7, 11) is -6.80. The van der Waals surface area contributed by atoms with E-state index in [0.29, 0.717) is 30.2 Å². The Kier molecular flexibility index (Phi) is 12.5. The fourth-order valence-electron chi connectivity index (χ4n) is 4.52. The average molecular weight is 602 g/mol. The van der Waals surface area contributed by atoms with E-state index in [1.54, 1.807) is 17.8 Å². The Morgan fingerprint density at radius 1 is 1.13 bits per heavy atom. The first-order valence-electron chi connectivity index (χ1n) is 13.0. The Morgan fingerprint density at radius 2 is 1.79 bits per heavy atom. The maximum Gasteiger partial charge on any atom is 0.330 e. The van der Waals surface area contributed by atoms with Gasteiger partial charge in [0, 0.05) is 33.8 Å². The second-order valence-corrected chi connectivity index (χ2v) is 14.6. The Morgan fingerprint density at radius 3 is 2.37 bits per heavy atom. The van der Waals surface area contributed by atoms with E-state index in [1.807, 2.05) is 32.0 Å². The summed E-state index contributed by atoms with van der Waals surface area (Å²) in [6.45, 7) is 7.30. The molecule has 212 valence electrons. The van der Waals surface area contributed by atoms with Gasteiger partial charge in [-0.25, -0.2) is 13.6 Å². The summed E-state index contributed by atoms with van der Waals surface area (Å²) in [6.07, 6.45) is 3.33. The molecule has 0 amide bonds. The van der Waals surface area contributed by atoms with Crippen LogP contribution < -0.4 is 10.5 Å². The first kappa shape index (κ1) is 31.5. The van der Waals surface area contributed by atoms with Crippen molar-refractivity contribution in [2.24, 2.45) is 11.1 Å². The third-order valence-corrected chi connectivity index (χ3v) is 11.2. The van der Waals surface area contributed by atoms with Crippen LogP contribution in [0.25, 0.3) is 0 Å². The quantitative estimate of drug-likeness (QED) is 0.138. The average Bonchev–Trinajstić information content (AvgIpc) is 2.87. The first-order valence-corrected chi connectivity index (χ1v) is 17.7. The zero-order chi connectivity index (χ0) is 27.6. The van der Waals surface area contributed by atoms with E-state index < -0.39 is 17.6 Å². The van der Waals surface area contributed by atoms with Gasteiger partial charge in [-0.05, 0) is 82.4 Å². The molecule has 1 aliphatic heterocycles. The first-order chi connectivity index (χ1) is 18.1. The molecule has 0 aliphatic carbocycles. The van der Waals surface area contributed by atoms with Gasteiger partial charge in [-0.15, -0.1) is 24.4 Å². The van der Waals surface area contributed by atoms with Crippen LogP contribution in [0.1, 0.15) is 33.1 Å². The Labute approximate surface area is 237 Å². The standard InChI is InChI=1S/C26H40N3O5PS3/c1-3-33-35(30,34-4-2)19-21-12-15-29(16-13-21)17-14-22(20-37-23-8-6-5-7-9-23)28-25-11-10-24(18-26(25)36)38(27,31)32/h5-11,18,21-22,28,36H,3-4,12-17,19-20H2,1-2H3,(H2,27,31,32)/t22-/m1/s1. The molecule has 1 fully saturated rings. The zero-order valence-electron chi connectivity index (χ0n) is 22.1. The van der Waals surface area contributed by atoms with E-state index in [-0.39, 0.29) is 10.9 Å². The number of nitrogens with one attached hydrogen (secondary N) is 1. The van der Waals surface area contributed by atoms with Crippen molar-refractivity contribution in [3.8, 4) is 0 Å². The summed E-state index contributed by atoms with van der Waals surface area (Å²) >= 11 is 6.30. The molecule has 0 spiro atoms. The molecule has 1 atom stereocenters. The number of anilines is 1. The lowest BCUT2D eigenvalue weighted by Gasteiger charge is -2.34. The van der Waals surface area contributed by atoms with Gasteiger partial charge in [0.2, 0.25) is 10.0 Å². The van der Waals surface area contributed by atoms with Gasteiger partial charge in [-0.2, -0.15) is 0 Å². The number of nitrogens with two attached hydrogens (primary N) is 1. The van der Waals surface area contributed by atoms with Crippen LogP contribution in [-0.2, 0) is 23.6 Å². The Bertz CT molecular complexity index is 1150. The molecule has 0 saturated carbocycles. The van der Waals surface area contributed by atoms with Crippen LogP contribution >= 0.6 is 32.0 Å². The largest absolute Gasteiger partial charge is 0.381 e. The van der Waals surface area contributed by atoms with Crippen LogP contribution in [0.4, 0.5) is 5.69 Å². The maximum absolute atomic E-state index is 12.9. The molecule has 3 N–H and O–H groups in total. The van der Waals surface area contributed by atoms with Crippen LogP contribution in [0.5, 0.6) is 0 Å². The minimum atomic E-state index is -3.79. The van der Waals surface area contributed by atoms with Crippen molar-refractivity contribution in [1.29, 1.82) is 0 Å². The SMILES string of the molecule is CCOP(=O)(CC1CCN(CC[C@H](CSc2ccccc2)Nc2ccc(S(N)(=O)=O)cc2S)CC1)OCC. The highest BCUT2D eigenvalue weighted by atomic mass is 32.2. The fourth-order valence-corrected chi connectivity index (χ4v) is 8.49. The van der Waals surface area contributed by atoms with E-state index in [0.717, 1.165) is 50.3 Å². The van der Waals surface area contributed by atoms with Gasteiger partial charge in [-0.3, -0.25) is 4.57 Å². The minimum absolute atomic E-state index is 0.0457. The van der Waals surface area contributed by atoms with Gasteiger partial charge in [-0.1, -0.05) is 18.2 Å². The van der Waals surface area contributed by atoms with Crippen molar-refractivity contribution < 1.29 is 22.0 Å². The molecule has 1 heterocycles. The number of thiol groups is 1. The molecule has 12 heteroatoms. The molecule has 2 aromatic rings. The lowest BCUT2D eigenvalue weighted by Crippen LogP contribution is -2.38. The molecule has 0 radical (unpaired) electrons. The molecule has 3 rings (SSSR count). The highest BCUT2D eigenvalue weighted by molar-refractivity contribution is 7.99. The molecule has 0 aromatic heterocycles. The Hall–Kier alpha value is -1.04. The molecule has 1 aliphatic rings. The second-order valence-electron chi connectivity index (χ2n) is 9.39. The summed E-state index contributed by atoms with van der Waals surface area (Å²) in [5.41, 5.74) is 0.778. The molecular formula is C26H40N3O5PS3. The van der Waals surface area contributed by atoms with Crippen molar-refractivity contribution in [2.45, 2.75) is 53.8 Å². The zero-order valence-corrected chi connectivity index (χ0v) is 25.5. The minimum Gasteiger partial charge on any atom is -0.381 e. The number of sulfonamides is 1. The fraction of sp³-hybridized carbons (Fsp3) is 0.538. The van der Waals surface area contributed by atoms with Gasteiger partial charge >= 0.3 is 7.60 Å². The number of hydrogen-bond acceptors (Lipinski definition) is 9. The predicted molar refractivity (Wildman–Crippen MR) is 159 cm³/mol. The number of piperidine rings is 1. The Balaban J connectivity index is 1.59. The smallest absolute Gasteiger partial charge is 0.330 e. The number of rotatable bonds is 15. The summed E-state index contributed by atoms with van der Waals surface area (Å²) in [6, 6.07) is 15.1. The third kappa shape index (κ3) is 10.2. The second kappa shape index (κ2) is 15.1. The monoisotopic (exact) mass is 601 g/mol. The van der Waals surface area contributed by atoms with E-state index in [2.05, 4.69) is 35.0 Å². The van der Waals surface area contributed by atoms with Gasteiger partial charge in [0.1, 0.15) is 0 Å².